The molecule has 7 nitrogen and oxygen atoms in total. The number of methoxy groups -OCH3 is 1. The van der Waals surface area contributed by atoms with Gasteiger partial charge in [-0.05, 0) is 66.4 Å². The second-order valence-corrected chi connectivity index (χ2v) is 12.3. The van der Waals surface area contributed by atoms with Crippen molar-refractivity contribution < 1.29 is 26.7 Å². The largest absolute Gasteiger partial charge is 0.497 e. The summed E-state index contributed by atoms with van der Waals surface area (Å²) in [6, 6.07) is 24.7. The zero-order valence-electron chi connectivity index (χ0n) is 23.6. The maximum atomic E-state index is 15.0. The average molecular weight is 602 g/mol. The SMILES string of the molecule is COc1ccc(-c2cc(C(=O)N3CCN(S(=O)(=O)c4cccc5ccccc45)CC3)c(C)n2-c2ccc(F)cc2F)cc1. The molecule has 0 bridgehead atoms. The summed E-state index contributed by atoms with van der Waals surface area (Å²) in [5.74, 6) is -1.13. The normalized spacial score (nSPS) is 14.3. The maximum absolute atomic E-state index is 15.0. The second kappa shape index (κ2) is 11.3. The average Bonchev–Trinajstić information content (AvgIpc) is 3.37. The van der Waals surface area contributed by atoms with Crippen LogP contribution in [-0.4, -0.2) is 61.4 Å². The van der Waals surface area contributed by atoms with E-state index in [4.69, 9.17) is 4.74 Å². The number of aromatic nitrogens is 1. The smallest absolute Gasteiger partial charge is 0.255 e. The van der Waals surface area contributed by atoms with Gasteiger partial charge in [-0.1, -0.05) is 36.4 Å². The van der Waals surface area contributed by atoms with Crippen molar-refractivity contribution in [2.75, 3.05) is 33.3 Å². The number of amides is 1. The zero-order chi connectivity index (χ0) is 30.3. The van der Waals surface area contributed by atoms with Crippen molar-refractivity contribution in [3.63, 3.8) is 0 Å². The lowest BCUT2D eigenvalue weighted by Gasteiger charge is -2.34. The summed E-state index contributed by atoms with van der Waals surface area (Å²) in [7, 11) is -2.24. The van der Waals surface area contributed by atoms with E-state index in [0.29, 0.717) is 33.7 Å². The molecule has 6 rings (SSSR count). The van der Waals surface area contributed by atoms with E-state index in [-0.39, 0.29) is 42.7 Å². The molecule has 0 aliphatic carbocycles. The summed E-state index contributed by atoms with van der Waals surface area (Å²) >= 11 is 0. The lowest BCUT2D eigenvalue weighted by molar-refractivity contribution is 0.0697. The Kier molecular flexibility index (Phi) is 7.49. The Labute approximate surface area is 248 Å². The fourth-order valence-corrected chi connectivity index (χ4v) is 7.27. The fraction of sp³-hybridized carbons (Fsp3) is 0.182. The standard InChI is InChI=1S/C33H29F2N3O4S/c1-22-28(21-31(24-10-13-26(42-2)14-11-24)38(22)30-15-12-25(34)20-29(30)35)33(39)36-16-18-37(19-17-36)43(40,41)32-9-5-7-23-6-3-4-8-27(23)32/h3-15,20-21H,16-19H2,1-2H3. The summed E-state index contributed by atoms with van der Waals surface area (Å²) in [5, 5.41) is 1.49. The first-order chi connectivity index (χ1) is 20.7. The molecule has 10 heteroatoms. The number of carbonyl (C=O) groups is 1. The number of piperazine rings is 1. The molecule has 1 aliphatic rings. The van der Waals surface area contributed by atoms with Gasteiger partial charge in [-0.25, -0.2) is 17.2 Å². The predicted molar refractivity (Wildman–Crippen MR) is 161 cm³/mol. The molecule has 0 radical (unpaired) electrons. The number of hydrogen-bond donors (Lipinski definition) is 0. The highest BCUT2D eigenvalue weighted by atomic mass is 32.2. The number of sulfonamides is 1. The van der Waals surface area contributed by atoms with E-state index >= 15 is 4.39 Å². The Morgan fingerprint density at radius 2 is 1.53 bits per heavy atom. The number of hydrogen-bond acceptors (Lipinski definition) is 4. The van der Waals surface area contributed by atoms with Crippen molar-refractivity contribution in [3.8, 4) is 22.7 Å². The van der Waals surface area contributed by atoms with Crippen LogP contribution in [-0.2, 0) is 10.0 Å². The molecule has 43 heavy (non-hydrogen) atoms. The van der Waals surface area contributed by atoms with Gasteiger partial charge in [-0.3, -0.25) is 4.79 Å². The van der Waals surface area contributed by atoms with Crippen molar-refractivity contribution in [2.24, 2.45) is 0 Å². The molecule has 2 heterocycles. The van der Waals surface area contributed by atoms with Gasteiger partial charge in [0.15, 0.2) is 0 Å². The third-order valence-corrected chi connectivity index (χ3v) is 9.86. The molecular formula is C33H29F2N3O4S. The summed E-state index contributed by atoms with van der Waals surface area (Å²) < 4.78 is 64.3. The minimum atomic E-state index is -3.79. The van der Waals surface area contributed by atoms with Gasteiger partial charge < -0.3 is 14.2 Å². The first-order valence-electron chi connectivity index (χ1n) is 13.8. The first kappa shape index (κ1) is 28.6. The molecule has 220 valence electrons. The molecule has 4 aromatic carbocycles. The van der Waals surface area contributed by atoms with Gasteiger partial charge in [0.05, 0.1) is 29.0 Å². The van der Waals surface area contributed by atoms with Crippen LogP contribution in [0.1, 0.15) is 16.1 Å². The van der Waals surface area contributed by atoms with E-state index in [1.165, 1.54) is 16.4 Å². The van der Waals surface area contributed by atoms with Crippen LogP contribution in [0.25, 0.3) is 27.7 Å². The Hall–Kier alpha value is -4.54. The molecule has 1 amide bonds. The topological polar surface area (TPSA) is 71.8 Å². The van der Waals surface area contributed by atoms with Crippen LogP contribution in [0.4, 0.5) is 8.78 Å². The Morgan fingerprint density at radius 1 is 0.837 bits per heavy atom. The van der Waals surface area contributed by atoms with E-state index in [0.717, 1.165) is 11.5 Å². The van der Waals surface area contributed by atoms with Crippen LogP contribution >= 0.6 is 0 Å². The monoisotopic (exact) mass is 601 g/mol. The lowest BCUT2D eigenvalue weighted by atomic mass is 10.1. The fourth-order valence-electron chi connectivity index (χ4n) is 5.63. The van der Waals surface area contributed by atoms with E-state index < -0.39 is 21.7 Å². The van der Waals surface area contributed by atoms with Gasteiger partial charge in [0, 0.05) is 43.3 Å². The van der Waals surface area contributed by atoms with E-state index in [1.807, 2.05) is 24.3 Å². The molecular weight excluding hydrogens is 572 g/mol. The van der Waals surface area contributed by atoms with Crippen LogP contribution in [0.15, 0.2) is 95.9 Å². The van der Waals surface area contributed by atoms with Gasteiger partial charge in [0.25, 0.3) is 5.91 Å². The number of fused-ring (bicyclic) bond motifs is 1. The highest BCUT2D eigenvalue weighted by molar-refractivity contribution is 7.89. The molecule has 0 saturated carbocycles. The molecule has 1 fully saturated rings. The number of rotatable bonds is 6. The molecule has 0 atom stereocenters. The highest BCUT2D eigenvalue weighted by Crippen LogP contribution is 2.33. The van der Waals surface area contributed by atoms with E-state index in [9.17, 15) is 17.6 Å². The molecule has 0 unspecified atom stereocenters. The van der Waals surface area contributed by atoms with Gasteiger partial charge in [-0.15, -0.1) is 0 Å². The van der Waals surface area contributed by atoms with Crippen molar-refractivity contribution in [1.82, 2.24) is 13.8 Å². The van der Waals surface area contributed by atoms with Gasteiger partial charge in [0.2, 0.25) is 10.0 Å². The summed E-state index contributed by atoms with van der Waals surface area (Å²) in [6.07, 6.45) is 0. The van der Waals surface area contributed by atoms with Crippen LogP contribution < -0.4 is 4.74 Å². The molecule has 1 saturated heterocycles. The Balaban J connectivity index is 1.30. The summed E-state index contributed by atoms with van der Waals surface area (Å²) in [4.78, 5) is 15.7. The van der Waals surface area contributed by atoms with Crippen LogP contribution in [0, 0.1) is 18.6 Å². The molecule has 1 aliphatic heterocycles. The van der Waals surface area contributed by atoms with Crippen molar-refractivity contribution >= 4 is 26.7 Å². The molecule has 0 N–H and O–H groups in total. The van der Waals surface area contributed by atoms with Crippen LogP contribution in [0.5, 0.6) is 5.75 Å². The molecule has 5 aromatic rings. The lowest BCUT2D eigenvalue weighted by Crippen LogP contribution is -2.50. The van der Waals surface area contributed by atoms with Gasteiger partial charge in [0.1, 0.15) is 17.4 Å². The number of ether oxygens (including phenoxy) is 1. The third kappa shape index (κ3) is 5.17. The minimum absolute atomic E-state index is 0.106. The van der Waals surface area contributed by atoms with Gasteiger partial charge >= 0.3 is 0 Å². The Morgan fingerprint density at radius 3 is 2.23 bits per heavy atom. The molecule has 0 spiro atoms. The third-order valence-electron chi connectivity index (χ3n) is 7.91. The van der Waals surface area contributed by atoms with Crippen LogP contribution in [0.3, 0.4) is 0 Å². The van der Waals surface area contributed by atoms with E-state index in [2.05, 4.69) is 0 Å². The second-order valence-electron chi connectivity index (χ2n) is 10.4. The predicted octanol–water partition coefficient (Wildman–Crippen LogP) is 6.04. The number of nitrogens with zero attached hydrogens (tertiary/aromatic N) is 3. The highest BCUT2D eigenvalue weighted by Gasteiger charge is 2.33. The van der Waals surface area contributed by atoms with Gasteiger partial charge in [-0.2, -0.15) is 4.31 Å². The summed E-state index contributed by atoms with van der Waals surface area (Å²) in [6.45, 7) is 2.36. The van der Waals surface area contributed by atoms with Crippen molar-refractivity contribution in [3.05, 3.63) is 114 Å². The van der Waals surface area contributed by atoms with Crippen molar-refractivity contribution in [2.45, 2.75) is 11.8 Å². The van der Waals surface area contributed by atoms with E-state index in [1.54, 1.807) is 72.0 Å². The quantitative estimate of drug-likeness (QED) is 0.238. The van der Waals surface area contributed by atoms with Crippen LogP contribution in [0.2, 0.25) is 0 Å². The first-order valence-corrected chi connectivity index (χ1v) is 15.2. The maximum Gasteiger partial charge on any atom is 0.255 e. The summed E-state index contributed by atoms with van der Waals surface area (Å²) in [5.41, 5.74) is 2.19. The number of benzene rings is 4. The van der Waals surface area contributed by atoms with Crippen molar-refractivity contribution in [1.29, 1.82) is 0 Å². The number of halogens is 2. The Bertz CT molecular complexity index is 1940. The minimum Gasteiger partial charge on any atom is -0.497 e. The molecule has 1 aromatic heterocycles. The number of carbonyl (C=O) groups excluding carboxylic acids is 1. The zero-order valence-corrected chi connectivity index (χ0v) is 24.4.